The highest BCUT2D eigenvalue weighted by atomic mass is 32.2. The Morgan fingerprint density at radius 3 is 2.16 bits per heavy atom. The minimum atomic E-state index is -3.49. The number of ether oxygens (including phenoxy) is 2. The van der Waals surface area contributed by atoms with Crippen molar-refractivity contribution in [3.8, 4) is 5.75 Å². The van der Waals surface area contributed by atoms with Crippen LogP contribution < -0.4 is 9.46 Å². The molecule has 0 aliphatic heterocycles. The smallest absolute Gasteiger partial charge is 0.337 e. The van der Waals surface area contributed by atoms with E-state index in [2.05, 4.69) is 9.46 Å². The van der Waals surface area contributed by atoms with Crippen LogP contribution in [0.15, 0.2) is 48.5 Å². The van der Waals surface area contributed by atoms with E-state index < -0.39 is 16.0 Å². The van der Waals surface area contributed by atoms with Gasteiger partial charge in [0.2, 0.25) is 10.0 Å². The molecule has 2 aromatic carbocycles. The molecule has 0 atom stereocenters. The Morgan fingerprint density at radius 1 is 1.00 bits per heavy atom. The zero-order chi connectivity index (χ0) is 18.3. The van der Waals surface area contributed by atoms with E-state index >= 15 is 0 Å². The third-order valence-corrected chi connectivity index (χ3v) is 4.76. The maximum Gasteiger partial charge on any atom is 0.337 e. The van der Waals surface area contributed by atoms with Crippen LogP contribution in [0.5, 0.6) is 5.75 Å². The highest BCUT2D eigenvalue weighted by molar-refractivity contribution is 7.88. The number of hydrogen-bond donors (Lipinski definition) is 1. The first-order valence-corrected chi connectivity index (χ1v) is 9.45. The molecule has 2 rings (SSSR count). The first-order chi connectivity index (χ1) is 11.9. The van der Waals surface area contributed by atoms with E-state index in [0.717, 1.165) is 11.3 Å². The summed E-state index contributed by atoms with van der Waals surface area (Å²) in [5.41, 5.74) is 1.81. The summed E-state index contributed by atoms with van der Waals surface area (Å²) >= 11 is 0. The summed E-state index contributed by atoms with van der Waals surface area (Å²) in [6.45, 7) is 2.69. The number of carbonyl (C=O) groups excluding carboxylic acids is 1. The minimum absolute atomic E-state index is 0.161. The van der Waals surface area contributed by atoms with Gasteiger partial charge in [0, 0.05) is 6.54 Å². The van der Waals surface area contributed by atoms with E-state index in [4.69, 9.17) is 4.74 Å². The van der Waals surface area contributed by atoms with Crippen molar-refractivity contribution in [3.05, 3.63) is 65.2 Å². The van der Waals surface area contributed by atoms with Gasteiger partial charge < -0.3 is 9.47 Å². The Bertz CT molecular complexity index is 798. The molecular weight excluding hydrogens is 342 g/mol. The second-order valence-corrected chi connectivity index (χ2v) is 7.15. The molecule has 0 saturated heterocycles. The second kappa shape index (κ2) is 8.64. The first-order valence-electron chi connectivity index (χ1n) is 7.80. The normalized spacial score (nSPS) is 11.1. The average molecular weight is 363 g/mol. The maximum atomic E-state index is 12.2. The lowest BCUT2D eigenvalue weighted by atomic mass is 10.1. The Labute approximate surface area is 147 Å². The van der Waals surface area contributed by atoms with Gasteiger partial charge in [-0.2, -0.15) is 0 Å². The van der Waals surface area contributed by atoms with E-state index in [-0.39, 0.29) is 12.3 Å². The molecule has 25 heavy (non-hydrogen) atoms. The summed E-state index contributed by atoms with van der Waals surface area (Å²) in [5, 5.41) is 0. The fourth-order valence-corrected chi connectivity index (χ4v) is 3.31. The largest absolute Gasteiger partial charge is 0.494 e. The molecule has 6 nitrogen and oxygen atoms in total. The number of rotatable bonds is 8. The molecule has 2 aromatic rings. The first kappa shape index (κ1) is 19.0. The number of hydrogen-bond acceptors (Lipinski definition) is 5. The van der Waals surface area contributed by atoms with Crippen molar-refractivity contribution < 1.29 is 22.7 Å². The highest BCUT2D eigenvalue weighted by Gasteiger charge is 2.12. The molecule has 0 aliphatic carbocycles. The van der Waals surface area contributed by atoms with Gasteiger partial charge in [-0.15, -0.1) is 0 Å². The predicted octanol–water partition coefficient (Wildman–Crippen LogP) is 2.49. The molecule has 0 radical (unpaired) electrons. The van der Waals surface area contributed by atoms with Crippen molar-refractivity contribution >= 4 is 16.0 Å². The van der Waals surface area contributed by atoms with Crippen LogP contribution in [0.3, 0.4) is 0 Å². The summed E-state index contributed by atoms with van der Waals surface area (Å²) in [5.74, 6) is 0.133. The van der Waals surface area contributed by atoms with Crippen LogP contribution in [0, 0.1) is 0 Å². The maximum absolute atomic E-state index is 12.2. The molecule has 0 saturated carbocycles. The third-order valence-electron chi connectivity index (χ3n) is 3.46. The second-order valence-electron chi connectivity index (χ2n) is 5.35. The summed E-state index contributed by atoms with van der Waals surface area (Å²) in [7, 11) is -2.19. The molecule has 0 heterocycles. The highest BCUT2D eigenvalue weighted by Crippen LogP contribution is 2.13. The number of sulfonamides is 1. The van der Waals surface area contributed by atoms with Gasteiger partial charge in [-0.1, -0.05) is 24.3 Å². The number of nitrogens with one attached hydrogen (secondary N) is 1. The van der Waals surface area contributed by atoms with Crippen molar-refractivity contribution in [1.82, 2.24) is 4.72 Å². The zero-order valence-electron chi connectivity index (χ0n) is 14.2. The monoisotopic (exact) mass is 363 g/mol. The molecule has 0 spiro atoms. The Morgan fingerprint density at radius 2 is 1.60 bits per heavy atom. The van der Waals surface area contributed by atoms with Crippen LogP contribution in [-0.4, -0.2) is 28.1 Å². The predicted molar refractivity (Wildman–Crippen MR) is 94.9 cm³/mol. The van der Waals surface area contributed by atoms with Crippen LogP contribution in [0.1, 0.15) is 28.4 Å². The number of carbonyl (C=O) groups is 1. The molecular formula is C18H21NO5S. The Balaban J connectivity index is 1.94. The standard InChI is InChI=1S/C18H21NO5S/c1-3-24-17-10-6-14(7-11-17)12-19-25(21,22)13-15-4-8-16(9-5-15)18(20)23-2/h4-11,19H,3,12-13H2,1-2H3. The van der Waals surface area contributed by atoms with Crippen molar-refractivity contribution in [2.24, 2.45) is 0 Å². The van der Waals surface area contributed by atoms with Crippen molar-refractivity contribution in [2.45, 2.75) is 19.2 Å². The molecule has 0 amide bonds. The van der Waals surface area contributed by atoms with Gasteiger partial charge >= 0.3 is 5.97 Å². The molecule has 1 N–H and O–H groups in total. The van der Waals surface area contributed by atoms with E-state index in [1.54, 1.807) is 36.4 Å². The molecule has 0 bridgehead atoms. The molecule has 7 heteroatoms. The number of esters is 1. The Kier molecular flexibility index (Phi) is 6.55. The van der Waals surface area contributed by atoms with Gasteiger partial charge in [-0.05, 0) is 42.3 Å². The molecule has 0 aliphatic rings. The van der Waals surface area contributed by atoms with Crippen LogP contribution >= 0.6 is 0 Å². The molecule has 0 unspecified atom stereocenters. The van der Waals surface area contributed by atoms with Gasteiger partial charge in [0.1, 0.15) is 5.75 Å². The van der Waals surface area contributed by atoms with Gasteiger partial charge in [-0.3, -0.25) is 0 Å². The van der Waals surface area contributed by atoms with Gasteiger partial charge in [0.05, 0.1) is 25.0 Å². The van der Waals surface area contributed by atoms with E-state index in [1.807, 2.05) is 19.1 Å². The van der Waals surface area contributed by atoms with Crippen molar-refractivity contribution in [2.75, 3.05) is 13.7 Å². The van der Waals surface area contributed by atoms with Crippen molar-refractivity contribution in [3.63, 3.8) is 0 Å². The van der Waals surface area contributed by atoms with E-state index in [9.17, 15) is 13.2 Å². The van der Waals surface area contributed by atoms with Crippen LogP contribution in [-0.2, 0) is 27.1 Å². The summed E-state index contributed by atoms with van der Waals surface area (Å²) in [6, 6.07) is 13.5. The SMILES string of the molecule is CCOc1ccc(CNS(=O)(=O)Cc2ccc(C(=O)OC)cc2)cc1. The summed E-state index contributed by atoms with van der Waals surface area (Å²) in [4.78, 5) is 11.4. The topological polar surface area (TPSA) is 81.7 Å². The van der Waals surface area contributed by atoms with Crippen LogP contribution in [0.2, 0.25) is 0 Å². The summed E-state index contributed by atoms with van der Waals surface area (Å²) < 4.78 is 36.9. The minimum Gasteiger partial charge on any atom is -0.494 e. The number of benzene rings is 2. The summed E-state index contributed by atoms with van der Waals surface area (Å²) in [6.07, 6.45) is 0. The van der Waals surface area contributed by atoms with E-state index in [0.29, 0.717) is 17.7 Å². The number of methoxy groups -OCH3 is 1. The van der Waals surface area contributed by atoms with Crippen LogP contribution in [0.4, 0.5) is 0 Å². The van der Waals surface area contributed by atoms with Gasteiger partial charge in [0.15, 0.2) is 0 Å². The van der Waals surface area contributed by atoms with Crippen LogP contribution in [0.25, 0.3) is 0 Å². The molecule has 0 fully saturated rings. The van der Waals surface area contributed by atoms with E-state index in [1.165, 1.54) is 7.11 Å². The Hall–Kier alpha value is -2.38. The lowest BCUT2D eigenvalue weighted by Gasteiger charge is -2.08. The molecule has 0 aromatic heterocycles. The zero-order valence-corrected chi connectivity index (χ0v) is 15.0. The third kappa shape index (κ3) is 5.88. The van der Waals surface area contributed by atoms with Gasteiger partial charge in [-0.25, -0.2) is 17.9 Å². The fourth-order valence-electron chi connectivity index (χ4n) is 2.19. The average Bonchev–Trinajstić information content (AvgIpc) is 2.61. The lowest BCUT2D eigenvalue weighted by molar-refractivity contribution is 0.0600. The van der Waals surface area contributed by atoms with Crippen molar-refractivity contribution in [1.29, 1.82) is 0 Å². The quantitative estimate of drug-likeness (QED) is 0.729. The van der Waals surface area contributed by atoms with Gasteiger partial charge in [0.25, 0.3) is 0 Å². The fraction of sp³-hybridized carbons (Fsp3) is 0.278. The molecule has 134 valence electrons. The lowest BCUT2D eigenvalue weighted by Crippen LogP contribution is -2.24.